The molecule has 0 aliphatic carbocycles. The smallest absolute Gasteiger partial charge is 0.259 e. The Morgan fingerprint density at radius 3 is 2.76 bits per heavy atom. The fourth-order valence-corrected chi connectivity index (χ4v) is 3.01. The second-order valence-corrected chi connectivity index (χ2v) is 5.98. The Kier molecular flexibility index (Phi) is 3.61. The molecule has 3 aromatic heterocycles. The minimum atomic E-state index is -0.0629. The molecule has 0 radical (unpaired) electrons. The van der Waals surface area contributed by atoms with E-state index >= 15 is 0 Å². The Morgan fingerprint density at radius 1 is 1.12 bits per heavy atom. The van der Waals surface area contributed by atoms with E-state index < -0.39 is 0 Å². The van der Waals surface area contributed by atoms with Gasteiger partial charge in [-0.15, -0.1) is 0 Å². The van der Waals surface area contributed by atoms with Crippen molar-refractivity contribution in [2.75, 3.05) is 7.05 Å². The first-order valence-electron chi connectivity index (χ1n) is 7.97. The van der Waals surface area contributed by atoms with Gasteiger partial charge in [-0.05, 0) is 17.7 Å². The van der Waals surface area contributed by atoms with Crippen LogP contribution in [-0.2, 0) is 13.6 Å². The van der Waals surface area contributed by atoms with Gasteiger partial charge in [0.15, 0.2) is 0 Å². The molecule has 0 saturated carbocycles. The monoisotopic (exact) mass is 334 g/mol. The molecule has 3 heterocycles. The molecular weight excluding hydrogens is 316 g/mol. The summed E-state index contributed by atoms with van der Waals surface area (Å²) in [6.45, 7) is 0.483. The van der Waals surface area contributed by atoms with E-state index in [9.17, 15) is 4.79 Å². The summed E-state index contributed by atoms with van der Waals surface area (Å²) in [5, 5.41) is 8.53. The Balaban J connectivity index is 1.63. The molecule has 126 valence electrons. The molecule has 0 N–H and O–H groups in total. The number of fused-ring (bicyclic) bond motifs is 1. The number of aromatic nitrogens is 5. The lowest BCUT2D eigenvalue weighted by Crippen LogP contribution is -2.27. The van der Waals surface area contributed by atoms with Crippen molar-refractivity contribution >= 4 is 11.6 Å². The summed E-state index contributed by atoms with van der Waals surface area (Å²) >= 11 is 0. The van der Waals surface area contributed by atoms with Crippen molar-refractivity contribution in [2.45, 2.75) is 6.54 Å². The highest BCUT2D eigenvalue weighted by atomic mass is 16.2. The van der Waals surface area contributed by atoms with E-state index in [1.54, 1.807) is 28.9 Å². The van der Waals surface area contributed by atoms with Crippen LogP contribution >= 0.6 is 0 Å². The maximum Gasteiger partial charge on any atom is 0.259 e. The van der Waals surface area contributed by atoms with E-state index in [2.05, 4.69) is 10.2 Å². The van der Waals surface area contributed by atoms with Gasteiger partial charge in [-0.1, -0.05) is 18.2 Å². The van der Waals surface area contributed by atoms with Crippen LogP contribution in [0.1, 0.15) is 15.9 Å². The van der Waals surface area contributed by atoms with Gasteiger partial charge in [0, 0.05) is 45.4 Å². The molecular formula is C18H18N6O. The molecule has 1 amide bonds. The maximum atomic E-state index is 12.9. The van der Waals surface area contributed by atoms with Crippen molar-refractivity contribution in [2.24, 2.45) is 7.05 Å². The summed E-state index contributed by atoms with van der Waals surface area (Å²) in [4.78, 5) is 14.6. The lowest BCUT2D eigenvalue weighted by atomic mass is 10.1. The Labute approximate surface area is 144 Å². The molecule has 0 unspecified atom stereocenters. The van der Waals surface area contributed by atoms with E-state index in [-0.39, 0.29) is 5.91 Å². The summed E-state index contributed by atoms with van der Waals surface area (Å²) in [7, 11) is 3.70. The van der Waals surface area contributed by atoms with Crippen LogP contribution in [0.15, 0.2) is 61.3 Å². The number of amides is 1. The number of carbonyl (C=O) groups excluding carboxylic acids is 1. The number of para-hydroxylation sites is 1. The van der Waals surface area contributed by atoms with E-state index in [0.717, 1.165) is 16.9 Å². The zero-order valence-electron chi connectivity index (χ0n) is 14.1. The molecule has 7 heteroatoms. The fraction of sp³-hybridized carbons (Fsp3) is 0.167. The van der Waals surface area contributed by atoms with E-state index in [1.165, 1.54) is 0 Å². The molecule has 4 aromatic rings. The molecule has 4 rings (SSSR count). The van der Waals surface area contributed by atoms with Crippen molar-refractivity contribution in [3.63, 3.8) is 0 Å². The highest BCUT2D eigenvalue weighted by Crippen LogP contribution is 2.18. The Morgan fingerprint density at radius 2 is 1.96 bits per heavy atom. The van der Waals surface area contributed by atoms with Gasteiger partial charge in [0.1, 0.15) is 11.2 Å². The quantitative estimate of drug-likeness (QED) is 0.574. The van der Waals surface area contributed by atoms with Gasteiger partial charge in [0.25, 0.3) is 5.91 Å². The van der Waals surface area contributed by atoms with Gasteiger partial charge in [-0.25, -0.2) is 9.20 Å². The van der Waals surface area contributed by atoms with E-state index in [0.29, 0.717) is 12.1 Å². The highest BCUT2D eigenvalue weighted by molar-refractivity contribution is 5.99. The molecule has 0 saturated heterocycles. The van der Waals surface area contributed by atoms with Crippen molar-refractivity contribution in [1.82, 2.24) is 28.9 Å². The minimum absolute atomic E-state index is 0.0629. The van der Waals surface area contributed by atoms with Gasteiger partial charge >= 0.3 is 0 Å². The predicted octanol–water partition coefficient (Wildman–Crippen LogP) is 2.13. The second-order valence-electron chi connectivity index (χ2n) is 5.98. The number of carbonyl (C=O) groups is 1. The molecule has 0 aliphatic rings. The Bertz CT molecular complexity index is 1030. The molecule has 25 heavy (non-hydrogen) atoms. The molecule has 0 atom stereocenters. The summed E-state index contributed by atoms with van der Waals surface area (Å²) in [6.07, 6.45) is 8.97. The number of aryl methyl sites for hydroxylation is 1. The van der Waals surface area contributed by atoms with Crippen molar-refractivity contribution < 1.29 is 4.79 Å². The Hall–Kier alpha value is -3.35. The van der Waals surface area contributed by atoms with Crippen LogP contribution < -0.4 is 0 Å². The second kappa shape index (κ2) is 5.94. The van der Waals surface area contributed by atoms with Crippen molar-refractivity contribution in [3.05, 3.63) is 72.4 Å². The molecule has 1 aromatic carbocycles. The first kappa shape index (κ1) is 15.2. The van der Waals surface area contributed by atoms with Crippen LogP contribution in [0.2, 0.25) is 0 Å². The number of hydrogen-bond donors (Lipinski definition) is 0. The van der Waals surface area contributed by atoms with Gasteiger partial charge < -0.3 is 9.47 Å². The molecule has 0 aliphatic heterocycles. The van der Waals surface area contributed by atoms with Gasteiger partial charge in [-0.3, -0.25) is 4.79 Å². The molecule has 0 spiro atoms. The topological polar surface area (TPSA) is 60.4 Å². The van der Waals surface area contributed by atoms with Crippen molar-refractivity contribution in [3.8, 4) is 5.69 Å². The molecule has 0 bridgehead atoms. The maximum absolute atomic E-state index is 12.9. The van der Waals surface area contributed by atoms with Gasteiger partial charge in [-0.2, -0.15) is 10.2 Å². The highest BCUT2D eigenvalue weighted by Gasteiger charge is 2.20. The van der Waals surface area contributed by atoms with Gasteiger partial charge in [0.05, 0.1) is 11.9 Å². The van der Waals surface area contributed by atoms with Crippen LogP contribution in [-0.4, -0.2) is 41.8 Å². The first-order chi connectivity index (χ1) is 12.1. The number of nitrogens with zero attached hydrogens (tertiary/aromatic N) is 6. The lowest BCUT2D eigenvalue weighted by molar-refractivity contribution is 0.0786. The van der Waals surface area contributed by atoms with Crippen molar-refractivity contribution in [1.29, 1.82) is 0 Å². The van der Waals surface area contributed by atoms with Crippen LogP contribution in [0, 0.1) is 0 Å². The zero-order chi connectivity index (χ0) is 17.4. The van der Waals surface area contributed by atoms with Crippen LogP contribution in [0.5, 0.6) is 0 Å². The van der Waals surface area contributed by atoms with E-state index in [4.69, 9.17) is 0 Å². The predicted molar refractivity (Wildman–Crippen MR) is 93.5 cm³/mol. The van der Waals surface area contributed by atoms with Crippen LogP contribution in [0.25, 0.3) is 11.3 Å². The number of benzene rings is 1. The molecule has 0 fully saturated rings. The van der Waals surface area contributed by atoms with E-state index in [1.807, 2.05) is 65.2 Å². The third kappa shape index (κ3) is 2.59. The largest absolute Gasteiger partial charge is 0.337 e. The average molecular weight is 334 g/mol. The standard InChI is InChI=1S/C18H18N6O/c1-21-10-11-24-17(21)15(12-20-24)18(25)22(2)13-14-6-3-4-7-16(14)23-9-5-8-19-23/h3-12H,13H2,1-2H3. The number of rotatable bonds is 4. The summed E-state index contributed by atoms with van der Waals surface area (Å²) < 4.78 is 5.41. The zero-order valence-corrected chi connectivity index (χ0v) is 14.1. The van der Waals surface area contributed by atoms with Gasteiger partial charge in [0.2, 0.25) is 0 Å². The molecule has 7 nitrogen and oxygen atoms in total. The normalized spacial score (nSPS) is 11.1. The fourth-order valence-electron chi connectivity index (χ4n) is 3.01. The summed E-state index contributed by atoms with van der Waals surface area (Å²) in [6, 6.07) is 9.82. The number of hydrogen-bond acceptors (Lipinski definition) is 3. The first-order valence-corrected chi connectivity index (χ1v) is 7.97. The SMILES string of the molecule is CN(Cc1ccccc1-n1cccn1)C(=O)c1cnn2ccn(C)c12. The number of imidazole rings is 1. The summed E-state index contributed by atoms with van der Waals surface area (Å²) in [5.74, 6) is -0.0629. The minimum Gasteiger partial charge on any atom is -0.337 e. The lowest BCUT2D eigenvalue weighted by Gasteiger charge is -2.19. The average Bonchev–Trinajstić information content (AvgIpc) is 3.34. The third-order valence-electron chi connectivity index (χ3n) is 4.26. The van der Waals surface area contributed by atoms with Crippen LogP contribution in [0.3, 0.4) is 0 Å². The summed E-state index contributed by atoms with van der Waals surface area (Å²) in [5.41, 5.74) is 3.37. The van der Waals surface area contributed by atoms with Crippen LogP contribution in [0.4, 0.5) is 0 Å². The third-order valence-corrected chi connectivity index (χ3v) is 4.26.